The number of nitrogens with zero attached hydrogens (tertiary/aromatic N) is 2. The number of amides is 12. The van der Waals surface area contributed by atoms with E-state index in [1.54, 1.807) is 77.0 Å². The van der Waals surface area contributed by atoms with Crippen molar-refractivity contribution in [1.29, 1.82) is 0 Å². The van der Waals surface area contributed by atoms with Crippen LogP contribution in [0.15, 0.2) is 0 Å². The first-order chi connectivity index (χ1) is 41.8. The number of imide groups is 2. The highest BCUT2D eigenvalue weighted by molar-refractivity contribution is 5.94. The minimum atomic E-state index is -0.292. The minimum absolute atomic E-state index is 0.0472. The van der Waals surface area contributed by atoms with Gasteiger partial charge in [0.25, 0.3) is 0 Å². The first-order valence-corrected chi connectivity index (χ1v) is 36.6. The zero-order valence-corrected chi connectivity index (χ0v) is 57.5. The van der Waals surface area contributed by atoms with E-state index < -0.39 is 0 Å². The zero-order chi connectivity index (χ0) is 63.4. The van der Waals surface area contributed by atoms with Crippen molar-refractivity contribution in [3.63, 3.8) is 0 Å². The quantitative estimate of drug-likeness (QED) is 0.0294. The predicted octanol–water partition coefficient (Wildman–Crippen LogP) is 17.2. The van der Waals surface area contributed by atoms with Crippen molar-refractivity contribution in [3.8, 4) is 0 Å². The summed E-state index contributed by atoms with van der Waals surface area (Å²) in [6.45, 7) is 26.7. The Kier molecular flexibility index (Phi) is 50.2. The van der Waals surface area contributed by atoms with Crippen LogP contribution in [0.3, 0.4) is 0 Å². The smallest absolute Gasteiger partial charge is 0.325 e. The summed E-state index contributed by atoms with van der Waals surface area (Å²) in [5.41, 5.74) is 0. The fraction of sp³-hybridized carbons (Fsp3) is 0.914. The fourth-order valence-electron chi connectivity index (χ4n) is 14.1. The molecule has 6 fully saturated rings. The number of urea groups is 6. The summed E-state index contributed by atoms with van der Waals surface area (Å²) in [6, 6.07) is -1.26. The Morgan fingerprint density at radius 3 is 0.698 bits per heavy atom. The number of rotatable bonds is 34. The summed E-state index contributed by atoms with van der Waals surface area (Å²) in [5, 5.41) is 22.2. The maximum atomic E-state index is 11.9. The first kappa shape index (κ1) is 80.0. The van der Waals surface area contributed by atoms with Crippen LogP contribution >= 0.6 is 0 Å². The van der Waals surface area contributed by atoms with Crippen LogP contribution in [0.1, 0.15) is 300 Å². The molecule has 8 atom stereocenters. The van der Waals surface area contributed by atoms with Crippen LogP contribution in [-0.4, -0.2) is 111 Å². The molecule has 4 bridgehead atoms. The second-order valence-electron chi connectivity index (χ2n) is 25.5. The largest absolute Gasteiger partial charge is 0.338 e. The van der Waals surface area contributed by atoms with Gasteiger partial charge in [-0.1, -0.05) is 170 Å². The molecule has 0 aromatic carbocycles. The lowest BCUT2D eigenvalue weighted by atomic mass is 9.82. The third kappa shape index (κ3) is 35.9. The molecular weight excluding hydrogens is 1080 g/mol. The molecule has 8 unspecified atom stereocenters. The molecule has 16 nitrogen and oxygen atoms in total. The molecule has 0 aromatic rings. The van der Waals surface area contributed by atoms with Crippen molar-refractivity contribution in [2.45, 2.75) is 300 Å². The van der Waals surface area contributed by atoms with Crippen molar-refractivity contribution in [2.24, 2.45) is 47.3 Å². The normalized spacial score (nSPS) is 21.0. The molecule has 0 radical (unpaired) electrons. The molecule has 0 aliphatic heterocycles. The molecule has 0 heterocycles. The number of unbranched alkanes of at least 4 members (excludes halogenated alkanes) is 18. The second-order valence-corrected chi connectivity index (χ2v) is 25.5. The summed E-state index contributed by atoms with van der Waals surface area (Å²) in [7, 11) is 0. The molecule has 0 saturated heterocycles. The van der Waals surface area contributed by atoms with Crippen molar-refractivity contribution < 1.29 is 28.8 Å². The third-order valence-corrected chi connectivity index (χ3v) is 18.8. The summed E-state index contributed by atoms with van der Waals surface area (Å²) < 4.78 is 0. The van der Waals surface area contributed by atoms with Crippen LogP contribution in [0.4, 0.5) is 28.8 Å². The summed E-state index contributed by atoms with van der Waals surface area (Å²) in [5.74, 6) is 9.60. The van der Waals surface area contributed by atoms with E-state index in [0.29, 0.717) is 52.4 Å². The van der Waals surface area contributed by atoms with Crippen LogP contribution in [0.25, 0.3) is 0 Å². The van der Waals surface area contributed by atoms with Gasteiger partial charge in [0.05, 0.1) is 0 Å². The lowest BCUT2D eigenvalue weighted by Gasteiger charge is -2.23. The van der Waals surface area contributed by atoms with Gasteiger partial charge in [-0.2, -0.15) is 0 Å². The highest BCUT2D eigenvalue weighted by Crippen LogP contribution is 2.59. The predicted molar refractivity (Wildman–Crippen MR) is 361 cm³/mol. The van der Waals surface area contributed by atoms with E-state index in [9.17, 15) is 28.8 Å². The number of carbonyl (C=O) groups excluding carboxylic acids is 6. The molecule has 12 amide bonds. The van der Waals surface area contributed by atoms with E-state index in [1.807, 2.05) is 27.7 Å². The number of carbonyl (C=O) groups is 6. The fourth-order valence-corrected chi connectivity index (χ4v) is 14.1. The molecule has 8 N–H and O–H groups in total. The van der Waals surface area contributed by atoms with Crippen molar-refractivity contribution in [1.82, 2.24) is 52.3 Å². The molecular formula is C70H138N10O6. The lowest BCUT2D eigenvalue weighted by molar-refractivity contribution is 0.186. The van der Waals surface area contributed by atoms with Crippen LogP contribution in [0, 0.1) is 47.3 Å². The van der Waals surface area contributed by atoms with E-state index in [1.165, 1.54) is 147 Å². The molecule has 0 spiro atoms. The Morgan fingerprint density at radius 2 is 0.500 bits per heavy atom. The van der Waals surface area contributed by atoms with E-state index in [2.05, 4.69) is 84.1 Å². The van der Waals surface area contributed by atoms with E-state index in [4.69, 9.17) is 0 Å². The first-order valence-electron chi connectivity index (χ1n) is 36.6. The Bertz CT molecular complexity index is 1500. The standard InChI is InChI=1S/2C16H33N3O2.2C10H16.2C9H20N2O/c2*1-4-7-9-11-13-17-15(20)19(6-3)16(21)18-14-12-10-8-5-2;2*1-2-9-7-4-5-8(6-7)10(9)3-1;2*1-3-5-6-7-8-11-9(12)10-4-2/h2*4-14H2,1-3H3,(H,17,20)(H,18,21);2*7-10H,1-6H2;2*3-8H2,1-2H3,(H2,10,11,12). The highest BCUT2D eigenvalue weighted by Gasteiger charge is 2.50. The maximum absolute atomic E-state index is 11.9. The van der Waals surface area contributed by atoms with Gasteiger partial charge in [-0.05, 0) is 178 Å². The van der Waals surface area contributed by atoms with Gasteiger partial charge >= 0.3 is 36.2 Å². The molecule has 0 aromatic heterocycles. The highest BCUT2D eigenvalue weighted by atomic mass is 16.2. The number of hydrogen-bond donors (Lipinski definition) is 8. The third-order valence-electron chi connectivity index (χ3n) is 18.8. The Labute approximate surface area is 528 Å². The number of hydrogen-bond acceptors (Lipinski definition) is 6. The van der Waals surface area contributed by atoms with Crippen molar-refractivity contribution in [2.75, 3.05) is 65.4 Å². The van der Waals surface area contributed by atoms with Gasteiger partial charge in [0.1, 0.15) is 0 Å². The van der Waals surface area contributed by atoms with Crippen LogP contribution < -0.4 is 42.5 Å². The second kappa shape index (κ2) is 54.0. The van der Waals surface area contributed by atoms with Crippen LogP contribution in [0.2, 0.25) is 0 Å². The summed E-state index contributed by atoms with van der Waals surface area (Å²) in [6.07, 6.45) is 46.5. The Hall–Kier alpha value is -3.98. The minimum Gasteiger partial charge on any atom is -0.338 e. The van der Waals surface area contributed by atoms with Gasteiger partial charge in [-0.25, -0.2) is 38.6 Å². The molecule has 504 valence electrons. The van der Waals surface area contributed by atoms with Gasteiger partial charge in [-0.15, -0.1) is 0 Å². The van der Waals surface area contributed by atoms with Gasteiger partial charge in [0.2, 0.25) is 0 Å². The van der Waals surface area contributed by atoms with E-state index in [-0.39, 0.29) is 36.2 Å². The summed E-state index contributed by atoms with van der Waals surface area (Å²) in [4.78, 5) is 71.9. The number of nitrogens with one attached hydrogen (secondary N) is 8. The van der Waals surface area contributed by atoms with Gasteiger partial charge in [0.15, 0.2) is 0 Å². The van der Waals surface area contributed by atoms with E-state index >= 15 is 0 Å². The van der Waals surface area contributed by atoms with Crippen LogP contribution in [-0.2, 0) is 0 Å². The topological polar surface area (TPSA) is 205 Å². The molecule has 6 aliphatic rings. The van der Waals surface area contributed by atoms with Gasteiger partial charge in [0, 0.05) is 65.4 Å². The SMILES string of the molecule is C1CC2C3CCC(C3)C2C1.C1CC2C3CCC(C3)C2C1.CCCCCCNC(=O)N(CC)C(=O)NCCCCCC.CCCCCCNC(=O)N(CC)C(=O)NCCCCCC.CCCCCCNC(=O)NCC.CCCCCCNC(=O)NCC. The average molecular weight is 1220 g/mol. The number of fused-ring (bicyclic) bond motifs is 10. The van der Waals surface area contributed by atoms with Gasteiger partial charge in [-0.3, -0.25) is 0 Å². The van der Waals surface area contributed by atoms with Crippen LogP contribution in [0.5, 0.6) is 0 Å². The molecule has 6 saturated carbocycles. The van der Waals surface area contributed by atoms with Gasteiger partial charge < -0.3 is 42.5 Å². The van der Waals surface area contributed by atoms with E-state index in [0.717, 1.165) is 77.3 Å². The molecule has 86 heavy (non-hydrogen) atoms. The lowest BCUT2D eigenvalue weighted by Crippen LogP contribution is -2.48. The molecule has 16 heteroatoms. The van der Waals surface area contributed by atoms with Crippen molar-refractivity contribution in [3.05, 3.63) is 0 Å². The summed E-state index contributed by atoms with van der Waals surface area (Å²) >= 11 is 0. The average Bonchev–Trinajstić information content (AvgIpc) is 2.81. The maximum Gasteiger partial charge on any atom is 0.325 e. The Morgan fingerprint density at radius 1 is 0.279 bits per heavy atom. The molecule has 6 rings (SSSR count). The molecule has 6 aliphatic carbocycles. The zero-order valence-electron chi connectivity index (χ0n) is 57.5. The monoisotopic (exact) mass is 1220 g/mol. The Balaban J connectivity index is 0.000000528. The van der Waals surface area contributed by atoms with Crippen molar-refractivity contribution >= 4 is 36.2 Å².